The maximum absolute atomic E-state index is 11.5. The summed E-state index contributed by atoms with van der Waals surface area (Å²) in [6, 6.07) is 7.91. The summed E-state index contributed by atoms with van der Waals surface area (Å²) >= 11 is 0. The molecule has 1 aliphatic heterocycles. The Bertz CT molecular complexity index is 596. The molecule has 1 atom stereocenters. The Labute approximate surface area is 125 Å². The minimum atomic E-state index is -3.00. The predicted molar refractivity (Wildman–Crippen MR) is 84.3 cm³/mol. The van der Waals surface area contributed by atoms with Crippen LogP contribution in [0.5, 0.6) is 0 Å². The molecule has 1 unspecified atom stereocenters. The van der Waals surface area contributed by atoms with Crippen LogP contribution in [-0.4, -0.2) is 45.1 Å². The number of benzene rings is 1. The number of anilines is 1. The van der Waals surface area contributed by atoms with E-state index in [1.807, 2.05) is 24.3 Å². The van der Waals surface area contributed by atoms with Gasteiger partial charge in [-0.25, -0.2) is 8.42 Å². The van der Waals surface area contributed by atoms with Crippen LogP contribution in [0, 0.1) is 0 Å². The zero-order chi connectivity index (χ0) is 15.3. The van der Waals surface area contributed by atoms with Crippen molar-refractivity contribution in [3.63, 3.8) is 0 Å². The van der Waals surface area contributed by atoms with E-state index >= 15 is 0 Å². The lowest BCUT2D eigenvalue weighted by Gasteiger charge is -2.21. The highest BCUT2D eigenvalue weighted by atomic mass is 32.2. The average molecular weight is 311 g/mol. The van der Waals surface area contributed by atoms with Crippen LogP contribution in [0.2, 0.25) is 0 Å². The van der Waals surface area contributed by atoms with Gasteiger partial charge in [-0.05, 0) is 24.1 Å². The normalized spacial score (nSPS) is 22.0. The fourth-order valence-corrected chi connectivity index (χ4v) is 3.36. The zero-order valence-corrected chi connectivity index (χ0v) is 12.9. The lowest BCUT2D eigenvalue weighted by molar-refractivity contribution is 0.0783. The Morgan fingerprint density at radius 2 is 2.14 bits per heavy atom. The molecule has 0 spiro atoms. The molecule has 1 aliphatic rings. The first-order valence-electron chi connectivity index (χ1n) is 6.96. The van der Waals surface area contributed by atoms with Crippen LogP contribution in [0.4, 0.5) is 5.69 Å². The number of hydrogen-bond acceptors (Lipinski definition) is 4. The number of guanidine groups is 1. The van der Waals surface area contributed by atoms with Gasteiger partial charge in [-0.2, -0.15) is 0 Å². The SMILES string of the molecule is CCc1ccc(NC(N)=NCC2CS(=O)(=O)CCO2)cc1. The summed E-state index contributed by atoms with van der Waals surface area (Å²) in [5.41, 5.74) is 7.89. The summed E-state index contributed by atoms with van der Waals surface area (Å²) in [6.07, 6.45) is 0.573. The van der Waals surface area contributed by atoms with E-state index in [1.165, 1.54) is 5.56 Å². The molecular weight excluding hydrogens is 290 g/mol. The van der Waals surface area contributed by atoms with Gasteiger partial charge in [0.2, 0.25) is 0 Å². The summed E-state index contributed by atoms with van der Waals surface area (Å²) in [5.74, 6) is 0.352. The molecule has 0 radical (unpaired) electrons. The average Bonchev–Trinajstić information content (AvgIpc) is 2.45. The minimum absolute atomic E-state index is 0.00891. The smallest absolute Gasteiger partial charge is 0.193 e. The van der Waals surface area contributed by atoms with Crippen molar-refractivity contribution in [1.29, 1.82) is 0 Å². The Balaban J connectivity index is 1.88. The Morgan fingerprint density at radius 3 is 2.76 bits per heavy atom. The standard InChI is InChI=1S/C14H21N3O3S/c1-2-11-3-5-12(6-4-11)17-14(15)16-9-13-10-21(18,19)8-7-20-13/h3-6,13H,2,7-10H2,1H3,(H3,15,16,17). The first kappa shape index (κ1) is 15.8. The van der Waals surface area contributed by atoms with Crippen molar-refractivity contribution in [2.24, 2.45) is 10.7 Å². The van der Waals surface area contributed by atoms with Gasteiger partial charge in [0.05, 0.1) is 30.8 Å². The Morgan fingerprint density at radius 1 is 1.43 bits per heavy atom. The van der Waals surface area contributed by atoms with Crippen LogP contribution < -0.4 is 11.1 Å². The van der Waals surface area contributed by atoms with Crippen molar-refractivity contribution in [3.8, 4) is 0 Å². The zero-order valence-electron chi connectivity index (χ0n) is 12.1. The number of hydrogen-bond donors (Lipinski definition) is 2. The maximum atomic E-state index is 11.5. The first-order chi connectivity index (χ1) is 9.98. The fraction of sp³-hybridized carbons (Fsp3) is 0.500. The number of rotatable bonds is 4. The van der Waals surface area contributed by atoms with Gasteiger partial charge < -0.3 is 15.8 Å². The molecule has 2 rings (SSSR count). The molecule has 0 aliphatic carbocycles. The van der Waals surface area contributed by atoms with E-state index in [4.69, 9.17) is 10.5 Å². The van der Waals surface area contributed by atoms with Crippen LogP contribution in [0.1, 0.15) is 12.5 Å². The number of nitrogens with zero attached hydrogens (tertiary/aromatic N) is 1. The van der Waals surface area contributed by atoms with Crippen molar-refractivity contribution >= 4 is 21.5 Å². The third kappa shape index (κ3) is 5.02. The highest BCUT2D eigenvalue weighted by Crippen LogP contribution is 2.10. The first-order valence-corrected chi connectivity index (χ1v) is 8.78. The number of sulfone groups is 1. The molecular formula is C14H21N3O3S. The summed E-state index contributed by atoms with van der Waals surface area (Å²) in [5, 5.41) is 2.98. The van der Waals surface area contributed by atoms with Gasteiger partial charge in [0.25, 0.3) is 0 Å². The Kier molecular flexibility index (Phi) is 5.19. The molecule has 1 fully saturated rings. The van der Waals surface area contributed by atoms with Gasteiger partial charge in [-0.3, -0.25) is 4.99 Å². The molecule has 3 N–H and O–H groups in total. The van der Waals surface area contributed by atoms with E-state index < -0.39 is 15.9 Å². The third-order valence-electron chi connectivity index (χ3n) is 3.29. The highest BCUT2D eigenvalue weighted by molar-refractivity contribution is 7.91. The quantitative estimate of drug-likeness (QED) is 0.633. The molecule has 0 amide bonds. The van der Waals surface area contributed by atoms with Crippen LogP contribution >= 0.6 is 0 Å². The van der Waals surface area contributed by atoms with Gasteiger partial charge >= 0.3 is 0 Å². The summed E-state index contributed by atoms with van der Waals surface area (Å²) in [4.78, 5) is 4.15. The van der Waals surface area contributed by atoms with E-state index in [2.05, 4.69) is 17.2 Å². The van der Waals surface area contributed by atoms with Crippen molar-refractivity contribution < 1.29 is 13.2 Å². The number of ether oxygens (including phenoxy) is 1. The van der Waals surface area contributed by atoms with Gasteiger partial charge in [-0.15, -0.1) is 0 Å². The van der Waals surface area contributed by atoms with Gasteiger partial charge in [0, 0.05) is 5.69 Å². The molecule has 0 aromatic heterocycles. The molecule has 1 aromatic carbocycles. The van der Waals surface area contributed by atoms with Crippen molar-refractivity contribution in [2.45, 2.75) is 19.4 Å². The maximum Gasteiger partial charge on any atom is 0.193 e. The van der Waals surface area contributed by atoms with Crippen LogP contribution in [-0.2, 0) is 21.0 Å². The molecule has 0 bridgehead atoms. The molecule has 1 aromatic rings. The number of nitrogens with one attached hydrogen (secondary N) is 1. The summed E-state index contributed by atoms with van der Waals surface area (Å²) in [7, 11) is -3.00. The van der Waals surface area contributed by atoms with Crippen molar-refractivity contribution in [3.05, 3.63) is 29.8 Å². The second kappa shape index (κ2) is 6.91. The van der Waals surface area contributed by atoms with E-state index in [0.29, 0.717) is 0 Å². The Hall–Kier alpha value is -1.60. The summed E-state index contributed by atoms with van der Waals surface area (Å²) < 4.78 is 28.3. The second-order valence-corrected chi connectivity index (χ2v) is 7.24. The van der Waals surface area contributed by atoms with Gasteiger partial charge in [0.1, 0.15) is 0 Å². The van der Waals surface area contributed by atoms with Crippen LogP contribution in [0.3, 0.4) is 0 Å². The largest absolute Gasteiger partial charge is 0.374 e. The van der Waals surface area contributed by atoms with E-state index in [-0.39, 0.29) is 30.6 Å². The van der Waals surface area contributed by atoms with Crippen LogP contribution in [0.25, 0.3) is 0 Å². The molecule has 21 heavy (non-hydrogen) atoms. The van der Waals surface area contributed by atoms with Crippen molar-refractivity contribution in [1.82, 2.24) is 0 Å². The van der Waals surface area contributed by atoms with Gasteiger partial charge in [-0.1, -0.05) is 19.1 Å². The van der Waals surface area contributed by atoms with Gasteiger partial charge in [0.15, 0.2) is 15.8 Å². The number of aliphatic imine (C=N–C) groups is 1. The third-order valence-corrected chi connectivity index (χ3v) is 4.96. The molecule has 0 saturated carbocycles. The van der Waals surface area contributed by atoms with Crippen LogP contribution in [0.15, 0.2) is 29.3 Å². The van der Waals surface area contributed by atoms with E-state index in [9.17, 15) is 8.42 Å². The van der Waals surface area contributed by atoms with E-state index in [1.54, 1.807) is 0 Å². The molecule has 1 heterocycles. The topological polar surface area (TPSA) is 93.8 Å². The molecule has 7 heteroatoms. The lowest BCUT2D eigenvalue weighted by Crippen LogP contribution is -2.37. The number of aryl methyl sites for hydroxylation is 1. The lowest BCUT2D eigenvalue weighted by atomic mass is 10.1. The highest BCUT2D eigenvalue weighted by Gasteiger charge is 2.25. The minimum Gasteiger partial charge on any atom is -0.374 e. The molecule has 6 nitrogen and oxygen atoms in total. The molecule has 1 saturated heterocycles. The summed E-state index contributed by atoms with van der Waals surface area (Å²) in [6.45, 7) is 2.57. The second-order valence-electron chi connectivity index (χ2n) is 5.01. The van der Waals surface area contributed by atoms with Crippen molar-refractivity contribution in [2.75, 3.05) is 30.0 Å². The number of nitrogens with two attached hydrogens (primary N) is 1. The molecule has 116 valence electrons. The fourth-order valence-electron chi connectivity index (χ4n) is 2.07. The van der Waals surface area contributed by atoms with E-state index in [0.717, 1.165) is 12.1 Å². The predicted octanol–water partition coefficient (Wildman–Crippen LogP) is 0.789. The monoisotopic (exact) mass is 311 g/mol.